The summed E-state index contributed by atoms with van der Waals surface area (Å²) in [5, 5.41) is 2.27. The molecular formula is C6H13NO5S. The van der Waals surface area contributed by atoms with Gasteiger partial charge in [-0.2, -0.15) is 8.42 Å². The molecule has 0 rings (SSSR count). The van der Waals surface area contributed by atoms with E-state index in [9.17, 15) is 13.2 Å². The van der Waals surface area contributed by atoms with Gasteiger partial charge < -0.3 is 10.1 Å². The molecule has 2 N–H and O–H groups in total. The SMILES string of the molecule is CCOCC(=O)NCCS(=O)(=O)O. The molecule has 1 amide bonds. The van der Waals surface area contributed by atoms with Gasteiger partial charge in [-0.15, -0.1) is 0 Å². The first kappa shape index (κ1) is 12.3. The molecule has 0 aliphatic carbocycles. The van der Waals surface area contributed by atoms with Gasteiger partial charge in [-0.25, -0.2) is 0 Å². The second-order valence-corrected chi connectivity index (χ2v) is 3.85. The lowest BCUT2D eigenvalue weighted by atomic mass is 10.6. The van der Waals surface area contributed by atoms with Crippen LogP contribution in [-0.4, -0.2) is 44.4 Å². The molecule has 6 nitrogen and oxygen atoms in total. The van der Waals surface area contributed by atoms with Crippen molar-refractivity contribution in [1.29, 1.82) is 0 Å². The lowest BCUT2D eigenvalue weighted by Gasteiger charge is -2.02. The van der Waals surface area contributed by atoms with Crippen molar-refractivity contribution >= 4 is 16.0 Å². The Kier molecular flexibility index (Phi) is 5.60. The van der Waals surface area contributed by atoms with Gasteiger partial charge >= 0.3 is 0 Å². The molecule has 0 unspecified atom stereocenters. The van der Waals surface area contributed by atoms with E-state index in [0.29, 0.717) is 6.61 Å². The van der Waals surface area contributed by atoms with Crippen LogP contribution in [0, 0.1) is 0 Å². The summed E-state index contributed by atoms with van der Waals surface area (Å²) in [6.07, 6.45) is 0. The van der Waals surface area contributed by atoms with Crippen LogP contribution in [0.3, 0.4) is 0 Å². The third kappa shape index (κ3) is 9.25. The average molecular weight is 211 g/mol. The van der Waals surface area contributed by atoms with Gasteiger partial charge in [0.2, 0.25) is 5.91 Å². The number of hydrogen-bond acceptors (Lipinski definition) is 4. The molecule has 0 heterocycles. The Balaban J connectivity index is 3.49. The predicted molar refractivity (Wildman–Crippen MR) is 45.9 cm³/mol. The fourth-order valence-corrected chi connectivity index (χ4v) is 0.925. The van der Waals surface area contributed by atoms with Crippen LogP contribution in [0.15, 0.2) is 0 Å². The lowest BCUT2D eigenvalue weighted by molar-refractivity contribution is -0.125. The van der Waals surface area contributed by atoms with Gasteiger partial charge in [0.1, 0.15) is 6.61 Å². The standard InChI is InChI=1S/C6H13NO5S/c1-2-12-5-6(8)7-3-4-13(9,10)11/h2-5H2,1H3,(H,7,8)(H,9,10,11). The van der Waals surface area contributed by atoms with E-state index in [4.69, 9.17) is 9.29 Å². The van der Waals surface area contributed by atoms with E-state index in [2.05, 4.69) is 5.32 Å². The molecule has 0 atom stereocenters. The summed E-state index contributed by atoms with van der Waals surface area (Å²) >= 11 is 0. The molecule has 7 heteroatoms. The molecule has 0 saturated heterocycles. The van der Waals surface area contributed by atoms with Gasteiger partial charge in [0.25, 0.3) is 10.1 Å². The van der Waals surface area contributed by atoms with Crippen molar-refractivity contribution in [1.82, 2.24) is 5.32 Å². The number of carbonyl (C=O) groups is 1. The van der Waals surface area contributed by atoms with Crippen LogP contribution in [0.2, 0.25) is 0 Å². The van der Waals surface area contributed by atoms with Crippen molar-refractivity contribution in [3.63, 3.8) is 0 Å². The number of amides is 1. The molecule has 0 radical (unpaired) electrons. The van der Waals surface area contributed by atoms with E-state index < -0.39 is 21.8 Å². The fraction of sp³-hybridized carbons (Fsp3) is 0.833. The van der Waals surface area contributed by atoms with Crippen LogP contribution in [-0.2, 0) is 19.6 Å². The van der Waals surface area contributed by atoms with Gasteiger partial charge in [-0.05, 0) is 6.92 Å². The molecule has 0 aliphatic rings. The third-order valence-corrected chi connectivity index (χ3v) is 1.84. The van der Waals surface area contributed by atoms with Gasteiger partial charge in [-0.3, -0.25) is 9.35 Å². The zero-order valence-electron chi connectivity index (χ0n) is 7.32. The topological polar surface area (TPSA) is 92.7 Å². The Morgan fingerprint density at radius 1 is 1.54 bits per heavy atom. The molecule has 13 heavy (non-hydrogen) atoms. The monoisotopic (exact) mass is 211 g/mol. The van der Waals surface area contributed by atoms with Crippen molar-refractivity contribution in [2.75, 3.05) is 25.5 Å². The third-order valence-electron chi connectivity index (χ3n) is 1.12. The van der Waals surface area contributed by atoms with E-state index in [0.717, 1.165) is 0 Å². The van der Waals surface area contributed by atoms with Crippen LogP contribution in [0.25, 0.3) is 0 Å². The summed E-state index contributed by atoms with van der Waals surface area (Å²) in [5.74, 6) is -0.879. The largest absolute Gasteiger partial charge is 0.372 e. The Labute approximate surface area is 77.0 Å². The first-order valence-corrected chi connectivity index (χ1v) is 5.36. The van der Waals surface area contributed by atoms with Crippen molar-refractivity contribution in [2.45, 2.75) is 6.92 Å². The molecule has 78 valence electrons. The van der Waals surface area contributed by atoms with E-state index in [1.165, 1.54) is 0 Å². The predicted octanol–water partition coefficient (Wildman–Crippen LogP) is -0.973. The highest BCUT2D eigenvalue weighted by Gasteiger charge is 2.05. The molecule has 0 bridgehead atoms. The Morgan fingerprint density at radius 3 is 2.62 bits per heavy atom. The van der Waals surface area contributed by atoms with Crippen molar-refractivity contribution in [3.8, 4) is 0 Å². The number of hydrogen-bond donors (Lipinski definition) is 2. The normalized spacial score (nSPS) is 11.2. The number of nitrogens with one attached hydrogen (secondary N) is 1. The molecule has 0 aliphatic heterocycles. The first-order valence-electron chi connectivity index (χ1n) is 3.75. The summed E-state index contributed by atoms with van der Waals surface area (Å²) < 4.78 is 33.4. The van der Waals surface area contributed by atoms with E-state index in [-0.39, 0.29) is 13.2 Å². The number of rotatable bonds is 6. The zero-order chi connectivity index (χ0) is 10.3. The minimum atomic E-state index is -4.00. The molecule has 0 aromatic carbocycles. The minimum absolute atomic E-state index is 0.0953. The highest BCUT2D eigenvalue weighted by atomic mass is 32.2. The van der Waals surface area contributed by atoms with Gasteiger partial charge in [0.05, 0.1) is 5.75 Å². The Bertz CT molecular complexity index is 248. The van der Waals surface area contributed by atoms with Crippen LogP contribution in [0.5, 0.6) is 0 Å². The lowest BCUT2D eigenvalue weighted by Crippen LogP contribution is -2.31. The highest BCUT2D eigenvalue weighted by Crippen LogP contribution is 1.79. The molecule has 0 spiro atoms. The summed E-state index contributed by atoms with van der Waals surface area (Å²) in [4.78, 5) is 10.8. The fourth-order valence-electron chi connectivity index (χ4n) is 0.565. The van der Waals surface area contributed by atoms with Crippen LogP contribution in [0.4, 0.5) is 0 Å². The maximum absolute atomic E-state index is 10.8. The summed E-state index contributed by atoms with van der Waals surface area (Å²) in [7, 11) is -4.00. The van der Waals surface area contributed by atoms with E-state index in [1.807, 2.05) is 0 Å². The van der Waals surface area contributed by atoms with Crippen molar-refractivity contribution in [3.05, 3.63) is 0 Å². The molecule has 0 saturated carbocycles. The van der Waals surface area contributed by atoms with E-state index in [1.54, 1.807) is 6.92 Å². The Hall–Kier alpha value is -0.660. The maximum Gasteiger partial charge on any atom is 0.266 e. The van der Waals surface area contributed by atoms with Gasteiger partial charge in [-0.1, -0.05) is 0 Å². The Morgan fingerprint density at radius 2 is 2.15 bits per heavy atom. The summed E-state index contributed by atoms with van der Waals surface area (Å²) in [6, 6.07) is 0. The van der Waals surface area contributed by atoms with E-state index >= 15 is 0 Å². The average Bonchev–Trinajstić information content (AvgIpc) is 1.98. The quantitative estimate of drug-likeness (QED) is 0.551. The van der Waals surface area contributed by atoms with Crippen LogP contribution in [0.1, 0.15) is 6.92 Å². The van der Waals surface area contributed by atoms with Crippen molar-refractivity contribution < 1.29 is 22.5 Å². The highest BCUT2D eigenvalue weighted by molar-refractivity contribution is 7.85. The molecule has 0 aromatic rings. The second kappa shape index (κ2) is 5.90. The van der Waals surface area contributed by atoms with Gasteiger partial charge in [0, 0.05) is 13.2 Å². The number of carbonyl (C=O) groups excluding carboxylic acids is 1. The molecule has 0 fully saturated rings. The number of ether oxygens (including phenoxy) is 1. The smallest absolute Gasteiger partial charge is 0.266 e. The zero-order valence-corrected chi connectivity index (χ0v) is 8.13. The second-order valence-electron chi connectivity index (χ2n) is 2.27. The van der Waals surface area contributed by atoms with Crippen molar-refractivity contribution in [2.24, 2.45) is 0 Å². The van der Waals surface area contributed by atoms with Gasteiger partial charge in [0.15, 0.2) is 0 Å². The van der Waals surface area contributed by atoms with Crippen LogP contribution >= 0.6 is 0 Å². The molecular weight excluding hydrogens is 198 g/mol. The summed E-state index contributed by atoms with van der Waals surface area (Å²) in [6.45, 7) is 1.96. The van der Waals surface area contributed by atoms with Crippen LogP contribution < -0.4 is 5.32 Å². The molecule has 0 aromatic heterocycles. The summed E-state index contributed by atoms with van der Waals surface area (Å²) in [5.41, 5.74) is 0. The first-order chi connectivity index (χ1) is 5.95. The minimum Gasteiger partial charge on any atom is -0.372 e. The maximum atomic E-state index is 10.8.